The third kappa shape index (κ3) is 7.88. The second kappa shape index (κ2) is 11.1. The summed E-state index contributed by atoms with van der Waals surface area (Å²) < 4.78 is 5.41. The second-order valence-corrected chi connectivity index (χ2v) is 7.04. The average Bonchev–Trinajstić information content (AvgIpc) is 2.65. The lowest BCUT2D eigenvalue weighted by Crippen LogP contribution is -2.46. The molecule has 1 aliphatic heterocycles. The zero-order valence-corrected chi connectivity index (χ0v) is 16.0. The highest BCUT2D eigenvalue weighted by molar-refractivity contribution is 5.79. The smallest absolute Gasteiger partial charge is 0.191 e. The fourth-order valence-corrected chi connectivity index (χ4v) is 3.09. The number of hydrogen-bond donors (Lipinski definition) is 2. The third-order valence-corrected chi connectivity index (χ3v) is 4.61. The number of guanidine groups is 1. The van der Waals surface area contributed by atoms with Gasteiger partial charge in [0.2, 0.25) is 0 Å². The Hall–Kier alpha value is -1.59. The van der Waals surface area contributed by atoms with Gasteiger partial charge in [-0.25, -0.2) is 0 Å². The molecule has 25 heavy (non-hydrogen) atoms. The lowest BCUT2D eigenvalue weighted by Gasteiger charge is -2.29. The van der Waals surface area contributed by atoms with E-state index in [1.54, 1.807) is 0 Å². The highest BCUT2D eigenvalue weighted by Crippen LogP contribution is 2.05. The maximum absolute atomic E-state index is 5.41. The van der Waals surface area contributed by atoms with Crippen molar-refractivity contribution in [1.82, 2.24) is 15.5 Å². The molecule has 1 aromatic rings. The van der Waals surface area contributed by atoms with Gasteiger partial charge >= 0.3 is 0 Å². The van der Waals surface area contributed by atoms with Crippen molar-refractivity contribution in [2.24, 2.45) is 10.9 Å². The largest absolute Gasteiger partial charge is 0.379 e. The van der Waals surface area contributed by atoms with Crippen LogP contribution in [0.3, 0.4) is 0 Å². The molecule has 0 amide bonds. The topological polar surface area (TPSA) is 48.9 Å². The Morgan fingerprint density at radius 1 is 1.20 bits per heavy atom. The molecule has 5 nitrogen and oxygen atoms in total. The molecule has 2 unspecified atom stereocenters. The lowest BCUT2D eigenvalue weighted by atomic mass is 10.1. The Bertz CT molecular complexity index is 500. The molecule has 0 aliphatic carbocycles. The van der Waals surface area contributed by atoms with Crippen LogP contribution < -0.4 is 10.6 Å². The van der Waals surface area contributed by atoms with E-state index in [1.807, 2.05) is 7.05 Å². The van der Waals surface area contributed by atoms with E-state index in [1.165, 1.54) is 5.56 Å². The number of ether oxygens (including phenoxy) is 1. The monoisotopic (exact) mass is 346 g/mol. The summed E-state index contributed by atoms with van der Waals surface area (Å²) in [6.45, 7) is 10.4. The summed E-state index contributed by atoms with van der Waals surface area (Å²) in [5.74, 6) is 1.48. The van der Waals surface area contributed by atoms with Crippen molar-refractivity contribution in [3.05, 3.63) is 35.9 Å². The van der Waals surface area contributed by atoms with Gasteiger partial charge in [0.1, 0.15) is 0 Å². The predicted octanol–water partition coefficient (Wildman–Crippen LogP) is 2.14. The van der Waals surface area contributed by atoms with Crippen LogP contribution in [0.4, 0.5) is 0 Å². The summed E-state index contributed by atoms with van der Waals surface area (Å²) in [4.78, 5) is 6.84. The molecule has 1 aliphatic rings. The maximum atomic E-state index is 5.41. The number of aliphatic imine (C=N–C) groups is 1. The Kier molecular flexibility index (Phi) is 8.77. The molecule has 2 N–H and O–H groups in total. The second-order valence-electron chi connectivity index (χ2n) is 7.04. The zero-order valence-electron chi connectivity index (χ0n) is 16.0. The Labute approximate surface area is 152 Å². The van der Waals surface area contributed by atoms with Crippen LogP contribution in [0, 0.1) is 5.92 Å². The highest BCUT2D eigenvalue weighted by atomic mass is 16.5. The van der Waals surface area contributed by atoms with Crippen LogP contribution in [-0.4, -0.2) is 63.3 Å². The first-order valence-electron chi connectivity index (χ1n) is 9.48. The molecule has 2 atom stereocenters. The van der Waals surface area contributed by atoms with Gasteiger partial charge in [-0.15, -0.1) is 0 Å². The van der Waals surface area contributed by atoms with Gasteiger partial charge in [-0.1, -0.05) is 37.3 Å². The molecule has 0 bridgehead atoms. The van der Waals surface area contributed by atoms with Crippen LogP contribution >= 0.6 is 0 Å². The third-order valence-electron chi connectivity index (χ3n) is 4.61. The minimum Gasteiger partial charge on any atom is -0.379 e. The molecular weight excluding hydrogens is 312 g/mol. The van der Waals surface area contributed by atoms with Crippen molar-refractivity contribution in [1.29, 1.82) is 0 Å². The van der Waals surface area contributed by atoms with E-state index in [2.05, 4.69) is 64.7 Å². The first-order chi connectivity index (χ1) is 12.2. The SMILES string of the molecule is CN=C(NCC(C)CN1CCOCC1)NC(C)CCc1ccccc1. The van der Waals surface area contributed by atoms with E-state index in [-0.39, 0.29) is 0 Å². The van der Waals surface area contributed by atoms with E-state index in [0.29, 0.717) is 12.0 Å². The van der Waals surface area contributed by atoms with Crippen molar-refractivity contribution >= 4 is 5.96 Å². The van der Waals surface area contributed by atoms with Crippen LogP contribution in [0.2, 0.25) is 0 Å². The van der Waals surface area contributed by atoms with Gasteiger partial charge in [0.25, 0.3) is 0 Å². The van der Waals surface area contributed by atoms with Gasteiger partial charge < -0.3 is 15.4 Å². The average molecular weight is 347 g/mol. The summed E-state index contributed by atoms with van der Waals surface area (Å²) >= 11 is 0. The molecule has 140 valence electrons. The highest BCUT2D eigenvalue weighted by Gasteiger charge is 2.14. The number of morpholine rings is 1. The molecule has 2 rings (SSSR count). The number of nitrogens with zero attached hydrogens (tertiary/aromatic N) is 2. The maximum Gasteiger partial charge on any atom is 0.191 e. The summed E-state index contributed by atoms with van der Waals surface area (Å²) in [5, 5.41) is 6.97. The lowest BCUT2D eigenvalue weighted by molar-refractivity contribution is 0.0320. The van der Waals surface area contributed by atoms with E-state index in [9.17, 15) is 0 Å². The summed E-state index contributed by atoms with van der Waals surface area (Å²) in [7, 11) is 1.84. The van der Waals surface area contributed by atoms with Crippen molar-refractivity contribution in [2.75, 3.05) is 46.4 Å². The number of hydrogen-bond acceptors (Lipinski definition) is 3. The molecule has 1 saturated heterocycles. The van der Waals surface area contributed by atoms with Crippen molar-refractivity contribution in [3.63, 3.8) is 0 Å². The van der Waals surface area contributed by atoms with Gasteiger partial charge in [0.05, 0.1) is 13.2 Å². The summed E-state index contributed by atoms with van der Waals surface area (Å²) in [6.07, 6.45) is 2.17. The number of aryl methyl sites for hydroxylation is 1. The fourth-order valence-electron chi connectivity index (χ4n) is 3.09. The van der Waals surface area contributed by atoms with Gasteiger partial charge in [-0.2, -0.15) is 0 Å². The van der Waals surface area contributed by atoms with Gasteiger partial charge in [0, 0.05) is 39.3 Å². The van der Waals surface area contributed by atoms with E-state index < -0.39 is 0 Å². The zero-order chi connectivity index (χ0) is 17.9. The van der Waals surface area contributed by atoms with Crippen LogP contribution in [0.15, 0.2) is 35.3 Å². The van der Waals surface area contributed by atoms with E-state index in [0.717, 1.165) is 58.2 Å². The van der Waals surface area contributed by atoms with Crippen LogP contribution in [0.5, 0.6) is 0 Å². The summed E-state index contributed by atoms with van der Waals surface area (Å²) in [6, 6.07) is 11.0. The standard InChI is InChI=1S/C20H34N4O/c1-17(16-24-11-13-25-14-12-24)15-22-20(21-3)23-18(2)9-10-19-7-5-4-6-8-19/h4-8,17-18H,9-16H2,1-3H3,(H2,21,22,23). The van der Waals surface area contributed by atoms with Crippen LogP contribution in [0.1, 0.15) is 25.8 Å². The normalized spacial score (nSPS) is 18.6. The van der Waals surface area contributed by atoms with Gasteiger partial charge in [-0.3, -0.25) is 9.89 Å². The molecular formula is C20H34N4O. The minimum atomic E-state index is 0.390. The van der Waals surface area contributed by atoms with Crippen LogP contribution in [-0.2, 0) is 11.2 Å². The van der Waals surface area contributed by atoms with Crippen LogP contribution in [0.25, 0.3) is 0 Å². The Balaban J connectivity index is 1.65. The minimum absolute atomic E-state index is 0.390. The molecule has 0 radical (unpaired) electrons. The molecule has 0 saturated carbocycles. The van der Waals surface area contributed by atoms with Crippen molar-refractivity contribution in [2.45, 2.75) is 32.7 Å². The molecule has 1 aromatic carbocycles. The van der Waals surface area contributed by atoms with Gasteiger partial charge in [0.15, 0.2) is 5.96 Å². The number of rotatable bonds is 8. The molecule has 0 spiro atoms. The summed E-state index contributed by atoms with van der Waals surface area (Å²) in [5.41, 5.74) is 1.39. The molecule has 5 heteroatoms. The molecule has 0 aromatic heterocycles. The van der Waals surface area contributed by atoms with E-state index >= 15 is 0 Å². The molecule has 1 fully saturated rings. The van der Waals surface area contributed by atoms with Gasteiger partial charge in [-0.05, 0) is 31.2 Å². The first kappa shape index (κ1) is 19.7. The van der Waals surface area contributed by atoms with Crippen molar-refractivity contribution in [3.8, 4) is 0 Å². The Morgan fingerprint density at radius 2 is 1.92 bits per heavy atom. The number of benzene rings is 1. The quantitative estimate of drug-likeness (QED) is 0.559. The predicted molar refractivity (Wildman–Crippen MR) is 105 cm³/mol. The Morgan fingerprint density at radius 3 is 2.60 bits per heavy atom. The molecule has 1 heterocycles. The number of nitrogens with one attached hydrogen (secondary N) is 2. The van der Waals surface area contributed by atoms with E-state index in [4.69, 9.17) is 4.74 Å². The first-order valence-corrected chi connectivity index (χ1v) is 9.48. The fraction of sp³-hybridized carbons (Fsp3) is 0.650. The van der Waals surface area contributed by atoms with Crippen molar-refractivity contribution < 1.29 is 4.74 Å².